The normalized spacial score (nSPS) is 20.4. The maximum Gasteiger partial charge on any atom is 0.256 e. The Morgan fingerprint density at radius 2 is 1.89 bits per heavy atom. The number of likely N-dealkylation sites (N-methyl/N-ethyl adjacent to an activating group) is 1. The first-order valence-corrected chi connectivity index (χ1v) is 9.26. The Balaban J connectivity index is 1.62. The quantitative estimate of drug-likeness (QED) is 0.840. The van der Waals surface area contributed by atoms with Gasteiger partial charge in [0.05, 0.1) is 11.2 Å². The van der Waals surface area contributed by atoms with Crippen molar-refractivity contribution in [1.29, 1.82) is 0 Å². The van der Waals surface area contributed by atoms with E-state index in [4.69, 9.17) is 0 Å². The number of benzene rings is 1. The SMILES string of the molecule is CN(C)CC1(O)CCCN(C(=O)c2cnc(Nc3ccccc3)nc2)CC1. The van der Waals surface area contributed by atoms with Gasteiger partial charge in [0.1, 0.15) is 0 Å². The highest BCUT2D eigenvalue weighted by atomic mass is 16.3. The summed E-state index contributed by atoms with van der Waals surface area (Å²) >= 11 is 0. The van der Waals surface area contributed by atoms with Crippen LogP contribution in [-0.2, 0) is 0 Å². The predicted molar refractivity (Wildman–Crippen MR) is 105 cm³/mol. The smallest absolute Gasteiger partial charge is 0.256 e. The van der Waals surface area contributed by atoms with E-state index in [1.807, 2.05) is 49.3 Å². The van der Waals surface area contributed by atoms with Gasteiger partial charge in [-0.05, 0) is 45.5 Å². The third-order valence-electron chi connectivity index (χ3n) is 4.74. The fourth-order valence-corrected chi connectivity index (χ4v) is 3.46. The van der Waals surface area contributed by atoms with E-state index in [1.165, 1.54) is 0 Å². The molecule has 1 aromatic heterocycles. The molecule has 144 valence electrons. The van der Waals surface area contributed by atoms with Gasteiger partial charge in [0.25, 0.3) is 5.91 Å². The Bertz CT molecular complexity index is 751. The van der Waals surface area contributed by atoms with E-state index in [9.17, 15) is 9.90 Å². The van der Waals surface area contributed by atoms with Crippen LogP contribution in [0.1, 0.15) is 29.6 Å². The lowest BCUT2D eigenvalue weighted by Gasteiger charge is -2.29. The van der Waals surface area contributed by atoms with Crippen molar-refractivity contribution < 1.29 is 9.90 Å². The molecule has 1 fully saturated rings. The van der Waals surface area contributed by atoms with Crippen molar-refractivity contribution in [2.75, 3.05) is 39.0 Å². The molecule has 27 heavy (non-hydrogen) atoms. The molecular formula is C20H27N5O2. The molecule has 1 saturated heterocycles. The Morgan fingerprint density at radius 1 is 1.19 bits per heavy atom. The van der Waals surface area contributed by atoms with Gasteiger partial charge in [-0.2, -0.15) is 0 Å². The maximum atomic E-state index is 12.8. The lowest BCUT2D eigenvalue weighted by molar-refractivity contribution is 0.00305. The zero-order valence-electron chi connectivity index (χ0n) is 15.9. The summed E-state index contributed by atoms with van der Waals surface area (Å²) in [4.78, 5) is 25.1. The molecule has 0 aliphatic carbocycles. The van der Waals surface area contributed by atoms with Crippen LogP contribution in [-0.4, -0.2) is 70.1 Å². The number of carbonyl (C=O) groups is 1. The van der Waals surface area contributed by atoms with Crippen LogP contribution < -0.4 is 5.32 Å². The van der Waals surface area contributed by atoms with E-state index < -0.39 is 5.60 Å². The topological polar surface area (TPSA) is 81.6 Å². The van der Waals surface area contributed by atoms with Crippen molar-refractivity contribution in [2.45, 2.75) is 24.9 Å². The molecule has 1 aliphatic heterocycles. The molecule has 0 spiro atoms. The summed E-state index contributed by atoms with van der Waals surface area (Å²) in [7, 11) is 3.91. The van der Waals surface area contributed by atoms with Crippen LogP contribution >= 0.6 is 0 Å². The fourth-order valence-electron chi connectivity index (χ4n) is 3.46. The van der Waals surface area contributed by atoms with Gasteiger partial charge in [0, 0.05) is 37.7 Å². The highest BCUT2D eigenvalue weighted by molar-refractivity contribution is 5.93. The first-order valence-electron chi connectivity index (χ1n) is 9.26. The summed E-state index contributed by atoms with van der Waals surface area (Å²) in [5, 5.41) is 13.9. The van der Waals surface area contributed by atoms with E-state index in [0.29, 0.717) is 44.0 Å². The number of amides is 1. The van der Waals surface area contributed by atoms with Crippen LogP contribution in [0.15, 0.2) is 42.7 Å². The predicted octanol–water partition coefficient (Wildman–Crippen LogP) is 2.14. The van der Waals surface area contributed by atoms with E-state index in [1.54, 1.807) is 17.3 Å². The number of hydrogen-bond acceptors (Lipinski definition) is 6. The van der Waals surface area contributed by atoms with Crippen molar-refractivity contribution in [3.63, 3.8) is 0 Å². The minimum absolute atomic E-state index is 0.0876. The summed E-state index contributed by atoms with van der Waals surface area (Å²) in [6, 6.07) is 9.64. The van der Waals surface area contributed by atoms with Crippen LogP contribution in [0.3, 0.4) is 0 Å². The number of para-hydroxylation sites is 1. The number of carbonyl (C=O) groups excluding carboxylic acids is 1. The van der Waals surface area contributed by atoms with Gasteiger partial charge < -0.3 is 20.2 Å². The lowest BCUT2D eigenvalue weighted by atomic mass is 9.94. The van der Waals surface area contributed by atoms with Gasteiger partial charge in [0.2, 0.25) is 5.95 Å². The van der Waals surface area contributed by atoms with Gasteiger partial charge in [-0.15, -0.1) is 0 Å². The number of likely N-dealkylation sites (tertiary alicyclic amines) is 1. The number of aromatic nitrogens is 2. The third kappa shape index (κ3) is 5.24. The van der Waals surface area contributed by atoms with Crippen LogP contribution in [0.2, 0.25) is 0 Å². The Kier molecular flexibility index (Phi) is 6.03. The zero-order chi connectivity index (χ0) is 19.3. The van der Waals surface area contributed by atoms with Crippen LogP contribution in [0.5, 0.6) is 0 Å². The van der Waals surface area contributed by atoms with E-state index in [-0.39, 0.29) is 5.91 Å². The summed E-state index contributed by atoms with van der Waals surface area (Å²) in [6.07, 6.45) is 5.16. The number of rotatable bonds is 5. The molecule has 1 aliphatic rings. The standard InChI is InChI=1S/C20H27N5O2/c1-24(2)15-20(27)9-6-11-25(12-10-20)18(26)16-13-21-19(22-14-16)23-17-7-4-3-5-8-17/h3-5,7-8,13-14,27H,6,9-12,15H2,1-2H3,(H,21,22,23). The average Bonchev–Trinajstić information content (AvgIpc) is 2.84. The summed E-state index contributed by atoms with van der Waals surface area (Å²) in [5.74, 6) is 0.365. The molecule has 1 unspecified atom stereocenters. The van der Waals surface area contributed by atoms with Crippen molar-refractivity contribution in [1.82, 2.24) is 19.8 Å². The molecule has 7 heteroatoms. The average molecular weight is 369 g/mol. The van der Waals surface area contributed by atoms with Crippen LogP contribution in [0.25, 0.3) is 0 Å². The molecule has 1 amide bonds. The molecule has 2 heterocycles. The molecular weight excluding hydrogens is 342 g/mol. The molecule has 0 bridgehead atoms. The minimum Gasteiger partial charge on any atom is -0.388 e. The van der Waals surface area contributed by atoms with E-state index >= 15 is 0 Å². The maximum absolute atomic E-state index is 12.8. The highest BCUT2D eigenvalue weighted by Crippen LogP contribution is 2.24. The Morgan fingerprint density at radius 3 is 2.56 bits per heavy atom. The number of nitrogens with zero attached hydrogens (tertiary/aromatic N) is 4. The highest BCUT2D eigenvalue weighted by Gasteiger charge is 2.32. The number of aliphatic hydroxyl groups is 1. The second-order valence-corrected chi connectivity index (χ2v) is 7.39. The van der Waals surface area contributed by atoms with Crippen molar-refractivity contribution in [3.05, 3.63) is 48.3 Å². The van der Waals surface area contributed by atoms with Gasteiger partial charge in [-0.1, -0.05) is 18.2 Å². The summed E-state index contributed by atoms with van der Waals surface area (Å²) < 4.78 is 0. The molecule has 2 aromatic rings. The second kappa shape index (κ2) is 8.45. The number of hydrogen-bond donors (Lipinski definition) is 2. The van der Waals surface area contributed by atoms with E-state index in [2.05, 4.69) is 15.3 Å². The fraction of sp³-hybridized carbons (Fsp3) is 0.450. The second-order valence-electron chi connectivity index (χ2n) is 7.39. The van der Waals surface area contributed by atoms with Crippen molar-refractivity contribution in [3.8, 4) is 0 Å². The largest absolute Gasteiger partial charge is 0.388 e. The molecule has 0 saturated carbocycles. The van der Waals surface area contributed by atoms with E-state index in [0.717, 1.165) is 12.1 Å². The monoisotopic (exact) mass is 369 g/mol. The lowest BCUT2D eigenvalue weighted by Crippen LogP contribution is -2.41. The third-order valence-corrected chi connectivity index (χ3v) is 4.74. The number of anilines is 2. The molecule has 1 atom stereocenters. The van der Waals surface area contributed by atoms with Gasteiger partial charge in [-0.25, -0.2) is 9.97 Å². The summed E-state index contributed by atoms with van der Waals surface area (Å²) in [6.45, 7) is 1.78. The first kappa shape index (κ1) is 19.3. The van der Waals surface area contributed by atoms with Crippen molar-refractivity contribution in [2.24, 2.45) is 0 Å². The Labute approximate surface area is 160 Å². The van der Waals surface area contributed by atoms with Crippen LogP contribution in [0.4, 0.5) is 11.6 Å². The first-order chi connectivity index (χ1) is 13.0. The summed E-state index contributed by atoms with van der Waals surface area (Å²) in [5.41, 5.74) is 0.620. The van der Waals surface area contributed by atoms with Crippen LogP contribution in [0, 0.1) is 0 Å². The molecule has 1 aromatic carbocycles. The van der Waals surface area contributed by atoms with Crippen molar-refractivity contribution >= 4 is 17.5 Å². The minimum atomic E-state index is -0.738. The molecule has 2 N–H and O–H groups in total. The molecule has 3 rings (SSSR count). The zero-order valence-corrected chi connectivity index (χ0v) is 15.9. The molecule has 0 radical (unpaired) electrons. The van der Waals surface area contributed by atoms with Gasteiger partial charge in [0.15, 0.2) is 0 Å². The van der Waals surface area contributed by atoms with Gasteiger partial charge >= 0.3 is 0 Å². The number of nitrogens with one attached hydrogen (secondary N) is 1. The molecule has 7 nitrogen and oxygen atoms in total. The van der Waals surface area contributed by atoms with Gasteiger partial charge in [-0.3, -0.25) is 4.79 Å². The Hall–Kier alpha value is -2.51.